The summed E-state index contributed by atoms with van der Waals surface area (Å²) in [4.78, 5) is 36.9. The molecule has 1 fully saturated rings. The number of nitrogens with zero attached hydrogens (tertiary/aromatic N) is 1. The van der Waals surface area contributed by atoms with Crippen molar-refractivity contribution >= 4 is 23.5 Å². The Morgan fingerprint density at radius 3 is 2.00 bits per heavy atom. The highest BCUT2D eigenvalue weighted by Crippen LogP contribution is 2.25. The highest BCUT2D eigenvalue weighted by molar-refractivity contribution is 6.19. The van der Waals surface area contributed by atoms with Crippen LogP contribution in [0.5, 0.6) is 5.75 Å². The van der Waals surface area contributed by atoms with Crippen molar-refractivity contribution in [3.8, 4) is 5.75 Å². The van der Waals surface area contributed by atoms with E-state index in [0.717, 1.165) is 16.0 Å². The van der Waals surface area contributed by atoms with E-state index in [0.29, 0.717) is 17.0 Å². The number of anilines is 1. The Labute approximate surface area is 139 Å². The first kappa shape index (κ1) is 15.9. The van der Waals surface area contributed by atoms with Crippen molar-refractivity contribution in [2.24, 2.45) is 0 Å². The Morgan fingerprint density at radius 1 is 0.917 bits per heavy atom. The van der Waals surface area contributed by atoms with Gasteiger partial charge in [-0.3, -0.25) is 14.5 Å². The number of aryl methyl sites for hydroxylation is 2. The van der Waals surface area contributed by atoms with Crippen molar-refractivity contribution in [3.05, 3.63) is 59.2 Å². The zero-order valence-corrected chi connectivity index (χ0v) is 13.5. The normalized spacial score (nSPS) is 14.2. The largest absolute Gasteiger partial charge is 0.422 e. The SMILES string of the molecule is Cc1cccc(C)c1OC(=O)c1ccc(N2C(=O)CCC2=O)cc1. The number of ether oxygens (including phenoxy) is 1. The number of carbonyl (C=O) groups excluding carboxylic acids is 3. The monoisotopic (exact) mass is 323 g/mol. The summed E-state index contributed by atoms with van der Waals surface area (Å²) in [5, 5.41) is 0. The molecule has 3 rings (SSSR count). The summed E-state index contributed by atoms with van der Waals surface area (Å²) >= 11 is 0. The maximum atomic E-state index is 12.3. The molecule has 0 N–H and O–H groups in total. The lowest BCUT2D eigenvalue weighted by Gasteiger charge is -2.14. The minimum Gasteiger partial charge on any atom is -0.422 e. The topological polar surface area (TPSA) is 63.7 Å². The van der Waals surface area contributed by atoms with E-state index in [-0.39, 0.29) is 24.7 Å². The number of hydrogen-bond acceptors (Lipinski definition) is 4. The molecule has 1 aliphatic rings. The van der Waals surface area contributed by atoms with Gasteiger partial charge in [0.2, 0.25) is 11.8 Å². The fraction of sp³-hybridized carbons (Fsp3) is 0.211. The number of benzene rings is 2. The van der Waals surface area contributed by atoms with E-state index in [4.69, 9.17) is 4.74 Å². The van der Waals surface area contributed by atoms with E-state index < -0.39 is 5.97 Å². The number of para-hydroxylation sites is 1. The minimum absolute atomic E-state index is 0.217. The van der Waals surface area contributed by atoms with Crippen LogP contribution in [0.2, 0.25) is 0 Å². The van der Waals surface area contributed by atoms with Crippen LogP contribution in [0.1, 0.15) is 34.3 Å². The zero-order valence-electron chi connectivity index (χ0n) is 13.5. The summed E-state index contributed by atoms with van der Waals surface area (Å²) in [5.74, 6) is -0.355. The molecule has 1 heterocycles. The molecular weight excluding hydrogens is 306 g/mol. The molecule has 2 aromatic rings. The van der Waals surface area contributed by atoms with Gasteiger partial charge in [0.1, 0.15) is 5.75 Å². The van der Waals surface area contributed by atoms with Gasteiger partial charge in [-0.2, -0.15) is 0 Å². The summed E-state index contributed by atoms with van der Waals surface area (Å²) in [6, 6.07) is 12.0. The highest BCUT2D eigenvalue weighted by Gasteiger charge is 2.30. The van der Waals surface area contributed by atoms with Crippen molar-refractivity contribution in [1.29, 1.82) is 0 Å². The maximum Gasteiger partial charge on any atom is 0.343 e. The summed E-state index contributed by atoms with van der Waals surface area (Å²) in [6.07, 6.45) is 0.463. The molecule has 0 unspecified atom stereocenters. The summed E-state index contributed by atoms with van der Waals surface area (Å²) < 4.78 is 5.48. The molecule has 1 saturated heterocycles. The van der Waals surface area contributed by atoms with Crippen LogP contribution in [-0.4, -0.2) is 17.8 Å². The molecule has 0 atom stereocenters. The molecule has 5 heteroatoms. The van der Waals surface area contributed by atoms with E-state index in [1.54, 1.807) is 24.3 Å². The van der Waals surface area contributed by atoms with Crippen molar-refractivity contribution < 1.29 is 19.1 Å². The quantitative estimate of drug-likeness (QED) is 0.494. The van der Waals surface area contributed by atoms with Crippen LogP contribution in [0.15, 0.2) is 42.5 Å². The smallest absolute Gasteiger partial charge is 0.343 e. The molecule has 122 valence electrons. The number of esters is 1. The Bertz CT molecular complexity index is 788. The number of carbonyl (C=O) groups is 3. The van der Waals surface area contributed by atoms with Crippen LogP contribution in [0.25, 0.3) is 0 Å². The van der Waals surface area contributed by atoms with Gasteiger partial charge in [0, 0.05) is 12.8 Å². The van der Waals surface area contributed by atoms with Crippen molar-refractivity contribution in [2.45, 2.75) is 26.7 Å². The standard InChI is InChI=1S/C19H17NO4/c1-12-4-3-5-13(2)18(12)24-19(23)14-6-8-15(9-7-14)20-16(21)10-11-17(20)22/h3-9H,10-11H2,1-2H3. The van der Waals surface area contributed by atoms with Crippen LogP contribution in [0, 0.1) is 13.8 Å². The molecule has 2 amide bonds. The third-order valence-electron chi connectivity index (χ3n) is 4.02. The van der Waals surface area contributed by atoms with E-state index in [2.05, 4.69) is 0 Å². The van der Waals surface area contributed by atoms with Crippen LogP contribution >= 0.6 is 0 Å². The Kier molecular flexibility index (Phi) is 4.16. The molecule has 24 heavy (non-hydrogen) atoms. The maximum absolute atomic E-state index is 12.3. The van der Waals surface area contributed by atoms with Crippen LogP contribution in [-0.2, 0) is 9.59 Å². The average molecular weight is 323 g/mol. The lowest BCUT2D eigenvalue weighted by molar-refractivity contribution is -0.121. The molecule has 0 bridgehead atoms. The zero-order chi connectivity index (χ0) is 17.3. The first-order chi connectivity index (χ1) is 11.5. The predicted octanol–water partition coefficient (Wildman–Crippen LogP) is 3.18. The third-order valence-corrected chi connectivity index (χ3v) is 4.02. The van der Waals surface area contributed by atoms with Gasteiger partial charge in [0.15, 0.2) is 0 Å². The molecule has 0 aromatic heterocycles. The second-order valence-corrected chi connectivity index (χ2v) is 5.78. The molecule has 2 aromatic carbocycles. The first-order valence-corrected chi connectivity index (χ1v) is 7.71. The van der Waals surface area contributed by atoms with Crippen LogP contribution in [0.4, 0.5) is 5.69 Å². The van der Waals surface area contributed by atoms with Gasteiger partial charge < -0.3 is 4.74 Å². The minimum atomic E-state index is -0.474. The van der Waals surface area contributed by atoms with Crippen LogP contribution < -0.4 is 9.64 Å². The van der Waals surface area contributed by atoms with Crippen molar-refractivity contribution in [2.75, 3.05) is 4.90 Å². The van der Waals surface area contributed by atoms with Gasteiger partial charge in [0.05, 0.1) is 11.3 Å². The van der Waals surface area contributed by atoms with Crippen molar-refractivity contribution in [3.63, 3.8) is 0 Å². The van der Waals surface area contributed by atoms with Gasteiger partial charge in [-0.05, 0) is 49.2 Å². The van der Waals surface area contributed by atoms with E-state index in [1.807, 2.05) is 32.0 Å². The molecule has 1 aliphatic heterocycles. The van der Waals surface area contributed by atoms with Gasteiger partial charge in [-0.25, -0.2) is 4.79 Å². The average Bonchev–Trinajstić information content (AvgIpc) is 2.90. The third kappa shape index (κ3) is 2.93. The molecular formula is C19H17NO4. The van der Waals surface area contributed by atoms with Crippen LogP contribution in [0.3, 0.4) is 0 Å². The molecule has 0 spiro atoms. The Hall–Kier alpha value is -2.95. The second kappa shape index (κ2) is 6.28. The fourth-order valence-corrected chi connectivity index (χ4v) is 2.72. The highest BCUT2D eigenvalue weighted by atomic mass is 16.5. The van der Waals surface area contributed by atoms with E-state index >= 15 is 0 Å². The van der Waals surface area contributed by atoms with Crippen molar-refractivity contribution in [1.82, 2.24) is 0 Å². The second-order valence-electron chi connectivity index (χ2n) is 5.78. The number of rotatable bonds is 3. The Balaban J connectivity index is 1.79. The van der Waals surface area contributed by atoms with Gasteiger partial charge >= 0.3 is 5.97 Å². The summed E-state index contributed by atoms with van der Waals surface area (Å²) in [5.41, 5.74) is 2.60. The lowest BCUT2D eigenvalue weighted by atomic mass is 10.1. The van der Waals surface area contributed by atoms with Gasteiger partial charge in [-0.1, -0.05) is 18.2 Å². The number of hydrogen-bond donors (Lipinski definition) is 0. The molecule has 0 radical (unpaired) electrons. The number of amides is 2. The van der Waals surface area contributed by atoms with Gasteiger partial charge in [-0.15, -0.1) is 0 Å². The first-order valence-electron chi connectivity index (χ1n) is 7.71. The molecule has 0 aliphatic carbocycles. The summed E-state index contributed by atoms with van der Waals surface area (Å²) in [6.45, 7) is 3.76. The molecule has 0 saturated carbocycles. The Morgan fingerprint density at radius 2 is 1.46 bits per heavy atom. The van der Waals surface area contributed by atoms with Gasteiger partial charge in [0.25, 0.3) is 0 Å². The summed E-state index contributed by atoms with van der Waals surface area (Å²) in [7, 11) is 0. The van der Waals surface area contributed by atoms with E-state index in [1.165, 1.54) is 0 Å². The predicted molar refractivity (Wildman–Crippen MR) is 89.0 cm³/mol. The fourth-order valence-electron chi connectivity index (χ4n) is 2.72. The number of imide groups is 1. The van der Waals surface area contributed by atoms with E-state index in [9.17, 15) is 14.4 Å². The molecule has 5 nitrogen and oxygen atoms in total. The lowest BCUT2D eigenvalue weighted by Crippen LogP contribution is -2.28.